The summed E-state index contributed by atoms with van der Waals surface area (Å²) in [5.41, 5.74) is 2.08. The van der Waals surface area contributed by atoms with E-state index >= 15 is 0 Å². The Morgan fingerprint density at radius 3 is 0.818 bits per heavy atom. The van der Waals surface area contributed by atoms with Gasteiger partial charge in [-0.15, -0.1) is 23.5 Å². The van der Waals surface area contributed by atoms with Gasteiger partial charge in [0, 0.05) is 37.1 Å². The van der Waals surface area contributed by atoms with Gasteiger partial charge in [-0.25, -0.2) is 0 Å². The summed E-state index contributed by atoms with van der Waals surface area (Å²) in [5, 5.41) is 275. The summed E-state index contributed by atoms with van der Waals surface area (Å²) in [4.78, 5) is 27.1. The molecule has 8 aromatic carbocycles. The van der Waals surface area contributed by atoms with E-state index in [1.54, 1.807) is 0 Å². The van der Waals surface area contributed by atoms with Crippen LogP contribution >= 0.6 is 23.5 Å². The second kappa shape index (κ2) is 52.1. The first-order valence-electron chi connectivity index (χ1n) is 49.4. The second-order valence-electron chi connectivity index (χ2n) is 38.0. The molecule has 0 radical (unpaired) electrons. The van der Waals surface area contributed by atoms with Crippen molar-refractivity contribution in [1.29, 1.82) is 0 Å². The fourth-order valence-electron chi connectivity index (χ4n) is 20.6. The van der Waals surface area contributed by atoms with Gasteiger partial charge in [0.2, 0.25) is 11.8 Å². The van der Waals surface area contributed by atoms with Crippen molar-refractivity contribution in [3.8, 4) is 0 Å². The summed E-state index contributed by atoms with van der Waals surface area (Å²) >= 11 is 1.74. The fourth-order valence-corrected chi connectivity index (χ4v) is 22.4. The molecule has 24 N–H and O–H groups in total. The van der Waals surface area contributed by atoms with Crippen LogP contribution in [0.15, 0.2) is 109 Å². The highest BCUT2D eigenvalue weighted by molar-refractivity contribution is 8.00. The molecule has 29 heterocycles. The molecule has 2 amide bonds. The smallest absolute Gasteiger partial charge is 0.230 e. The van der Waals surface area contributed by atoms with E-state index in [9.17, 15) is 122 Å². The van der Waals surface area contributed by atoms with Crippen LogP contribution in [0.2, 0.25) is 0 Å². The molecule has 40 atom stereocenters. The maximum Gasteiger partial charge on any atom is 0.230 e. The van der Waals surface area contributed by atoms with Gasteiger partial charge in [0.15, 0.2) is 44.0 Å². The van der Waals surface area contributed by atoms with Crippen molar-refractivity contribution in [3.05, 3.63) is 120 Å². The van der Waals surface area contributed by atoms with Crippen molar-refractivity contribution in [3.63, 3.8) is 0 Å². The Labute approximate surface area is 854 Å². The van der Waals surface area contributed by atoms with Gasteiger partial charge in [0.25, 0.3) is 0 Å². The summed E-state index contributed by atoms with van der Waals surface area (Å²) in [7, 11) is 0. The topological polar surface area (TPSA) is 697 Å². The lowest BCUT2D eigenvalue weighted by atomic mass is 9.80. The molecular weight excluding hydrogens is 2000 g/mol. The third-order valence-corrected chi connectivity index (χ3v) is 30.5. The van der Waals surface area contributed by atoms with Crippen molar-refractivity contribution in [2.45, 2.75) is 259 Å². The van der Waals surface area contributed by atoms with Gasteiger partial charge in [-0.1, -0.05) is 109 Å². The molecule has 29 aliphatic heterocycles. The van der Waals surface area contributed by atoms with Gasteiger partial charge < -0.3 is 222 Å². The lowest BCUT2D eigenvalue weighted by Gasteiger charge is -2.51. The molecule has 820 valence electrons. The first kappa shape index (κ1) is 113. The van der Waals surface area contributed by atoms with E-state index in [0.29, 0.717) is 26.4 Å². The minimum atomic E-state index is -2.31. The predicted octanol–water partition coefficient (Wildman–Crippen LogP) is -6.73. The molecule has 1 saturated carbocycles. The molecule has 0 aromatic heterocycles. The lowest BCUT2D eigenvalue weighted by molar-refractivity contribution is -0.397. The largest absolute Gasteiger partial charge is 0.396 e. The third kappa shape index (κ3) is 25.0. The number of amides is 2. The Balaban J connectivity index is 0.556. The van der Waals surface area contributed by atoms with Crippen LogP contribution in [0, 0.1) is 5.92 Å². The highest BCUT2D eigenvalue weighted by Crippen LogP contribution is 2.45. The number of hydrogen-bond acceptors (Lipinski definition) is 47. The lowest BCUT2D eigenvalue weighted by Crippen LogP contribution is -2.68. The Bertz CT molecular complexity index is 5270. The summed E-state index contributed by atoms with van der Waals surface area (Å²) in [6.45, 7) is -3.64. The zero-order valence-electron chi connectivity index (χ0n) is 80.2. The van der Waals surface area contributed by atoms with Gasteiger partial charge in [0.1, 0.15) is 171 Å². The Kier molecular flexibility index (Phi) is 39.7. The average molecular weight is 2130 g/mol. The van der Waals surface area contributed by atoms with Crippen molar-refractivity contribution >= 4 is 100.0 Å². The molecule has 30 aliphatic rings. The zero-order valence-corrected chi connectivity index (χ0v) is 81.8. The monoisotopic (exact) mass is 2130 g/mol. The number of rotatable bonds is 36. The van der Waals surface area contributed by atoms with E-state index < -0.39 is 309 Å². The van der Waals surface area contributed by atoms with Crippen LogP contribution in [0.3, 0.4) is 0 Å². The van der Waals surface area contributed by atoms with Crippen molar-refractivity contribution in [1.82, 2.24) is 10.6 Å². The van der Waals surface area contributed by atoms with Crippen LogP contribution in [0.1, 0.15) is 17.5 Å². The van der Waals surface area contributed by atoms with Crippen molar-refractivity contribution in [2.75, 3.05) is 142 Å². The maximum absolute atomic E-state index is 13.5. The summed E-state index contributed by atoms with van der Waals surface area (Å²) in [6, 6.07) is 37.7. The normalized spacial score (nSPS) is 37.9. The zero-order chi connectivity index (χ0) is 104. The van der Waals surface area contributed by atoms with Gasteiger partial charge in [0.05, 0.1) is 148 Å². The Morgan fingerprint density at radius 2 is 0.514 bits per heavy atom. The van der Waals surface area contributed by atoms with E-state index in [4.69, 9.17) is 99.5 Å². The molecule has 29 saturated heterocycles. The number of benzene rings is 8. The molecule has 0 spiro atoms. The minimum Gasteiger partial charge on any atom is -0.396 e. The first-order chi connectivity index (χ1) is 71.6. The van der Waals surface area contributed by atoms with Gasteiger partial charge >= 0.3 is 0 Å². The summed E-state index contributed by atoms with van der Waals surface area (Å²) in [6.07, 6.45) is -80.3. The average Bonchev–Trinajstić information content (AvgIpc) is 0.739. The van der Waals surface area contributed by atoms with Gasteiger partial charge in [-0.3, -0.25) is 9.59 Å². The van der Waals surface area contributed by atoms with Gasteiger partial charge in [-0.05, 0) is 82.2 Å². The number of nitrogens with one attached hydrogen (secondary N) is 2. The molecule has 30 fully saturated rings. The Hall–Kier alpha value is -6.24. The summed E-state index contributed by atoms with van der Waals surface area (Å²) in [5.74, 6) is -3.87. The van der Waals surface area contributed by atoms with Crippen LogP contribution < -0.4 is 10.6 Å². The molecule has 47 nitrogen and oxygen atoms in total. The fraction of sp³-hybridized carbons (Fsp3) is 0.657. The van der Waals surface area contributed by atoms with E-state index in [0.717, 1.165) is 77.7 Å². The standard InChI is InChI=1S/C99H132N2O45S2/c102-32-52-31-55-69(110)70(111)85(52)140-98-83(124)76(117)91(61(138-98)40-147-42-63(108)100-19-21-126-23-25-128-27-29-130-38-50-13-11-48-9-7-44-3-1-5-46-15-17-53(50)67(48)65(44)46)145-97-82(123)75(116)90(60(37-107)137-97)144-99-84(125)77(118)92(62(139-99)41-148-43-64(109)101-20-22-127-24-26-129-28-30-131-39-51-14-12-49-10-8-45-4-2-6-47-16-18-54(51)68(49)66(45)47)146-96-81(122)74(115)89(59(36-106)136-96)143-95-80(121)73(114)88(58(35-105)135-95)142-94-79(120)72(113)87(57(34-104)134-94)141-93-78(119)71(112)86(132-55)56(33-103)133-93/h1-18,52,55-62,69-99,102-107,110-125H,19-43H2,(H,100,108)(H,101,109)/t52-,55+,56-,57-,58-,59-,60-,61-,62-,69+,70-,71-,72-,73-,74-,75-,76-,77-,78-,79-,80-,81-,82-,83-,84-,85-,86-,87-,88-,89-,90-,91-,92-,93-,94-,95-,96-,97-,98-,99-/m1/s1. The van der Waals surface area contributed by atoms with Gasteiger partial charge in [-0.2, -0.15) is 0 Å². The molecule has 148 heavy (non-hydrogen) atoms. The maximum atomic E-state index is 13.5. The highest BCUT2D eigenvalue weighted by atomic mass is 32.2. The number of hydrogen-bond donors (Lipinski definition) is 24. The number of carbonyl (C=O) groups is 2. The Morgan fingerprint density at radius 1 is 0.264 bits per heavy atom. The highest BCUT2D eigenvalue weighted by Gasteiger charge is 2.61. The molecule has 0 unspecified atom stereocenters. The predicted molar refractivity (Wildman–Crippen MR) is 514 cm³/mol. The number of thioether (sulfide) groups is 2. The number of carbonyl (C=O) groups excluding carboxylic acids is 2. The van der Waals surface area contributed by atoms with Crippen molar-refractivity contribution < 1.29 is 221 Å². The number of aliphatic hydroxyl groups excluding tert-OH is 22. The quantitative estimate of drug-likeness (QED) is 0.0128. The van der Waals surface area contributed by atoms with E-state index in [1.807, 2.05) is 12.1 Å². The second-order valence-corrected chi connectivity index (χ2v) is 40.1. The van der Waals surface area contributed by atoms with Crippen LogP contribution in [-0.4, -0.2) is 505 Å². The third-order valence-electron chi connectivity index (χ3n) is 28.5. The van der Waals surface area contributed by atoms with E-state index in [-0.39, 0.29) is 83.2 Å². The van der Waals surface area contributed by atoms with Crippen LogP contribution in [0.5, 0.6) is 0 Å². The first-order valence-corrected chi connectivity index (χ1v) is 51.8. The minimum absolute atomic E-state index is 0.0178. The molecular formula is C99H132N2O45S2. The molecule has 1 aliphatic carbocycles. The molecule has 38 rings (SSSR count). The summed E-state index contributed by atoms with van der Waals surface area (Å²) < 4.78 is 126. The van der Waals surface area contributed by atoms with Crippen LogP contribution in [0.25, 0.3) is 64.6 Å². The number of ether oxygens (including phenoxy) is 21. The van der Waals surface area contributed by atoms with Crippen LogP contribution in [-0.2, 0) is 122 Å². The van der Waals surface area contributed by atoms with Crippen molar-refractivity contribution in [2.24, 2.45) is 5.92 Å². The van der Waals surface area contributed by atoms with E-state index in [1.165, 1.54) is 21.5 Å². The van der Waals surface area contributed by atoms with E-state index in [2.05, 4.69) is 108 Å². The molecule has 8 aromatic rings. The molecule has 49 heteroatoms. The number of aliphatic hydroxyl groups is 22. The molecule has 16 bridgehead atoms. The van der Waals surface area contributed by atoms with Crippen LogP contribution in [0.4, 0.5) is 0 Å². The SMILES string of the molecule is O=C(CSC[C@H]1O[C@@H]2O[C@@H]3[C@@H](CO)C[C@H](O[C@H]4[C@H](O)[C@@H](O)[C@@H](O[C@H]5[C@H](O)[C@@H](O)[C@@H](O[C@H]6[C@H](O)[C@@H](O)[C@@H](O[C@H]7[C@H](O)[C@@H](O)[C@@H](O[C@H]8[C@H](O)[C@@H](O)[C@@H](O[C@H]9[C@H](O)[C@@H](O)[C@@H](O[C@H]1[C@H](O)[C@H]2O)O[C@@H]9CO)O[C@@H]8CSCC(=O)NCCOCCOCCOCc1ccc2ccc8cccc9ccc1c2c89)O[C@@H]7CO)O[C@@H]6CO)O[C@@H]5CO)O[C@@H]4CO)[C@H](O)[C@H]3O)NCCOCCOCCOCc1ccc2ccc3cccc4ccc1c2c34.